The third-order valence-corrected chi connectivity index (χ3v) is 9.25. The minimum absolute atomic E-state index is 0.0751. The number of fused-ring (bicyclic) bond motifs is 1. The van der Waals surface area contributed by atoms with Gasteiger partial charge in [0.05, 0.1) is 76.3 Å². The van der Waals surface area contributed by atoms with Crippen LogP contribution in [0.5, 0.6) is 34.5 Å². The lowest BCUT2D eigenvalue weighted by atomic mass is 9.82. The molecule has 3 aromatic carbocycles. The maximum Gasteiger partial charge on any atom is 0.338 e. The highest BCUT2D eigenvalue weighted by atomic mass is 32.1. The van der Waals surface area contributed by atoms with Gasteiger partial charge in [-0.1, -0.05) is 0 Å². The number of aromatic nitrogens is 1. The number of hydrogen-bond donors (Lipinski definition) is 2. The van der Waals surface area contributed by atoms with Crippen molar-refractivity contribution < 1.29 is 47.7 Å². The van der Waals surface area contributed by atoms with Crippen molar-refractivity contribution in [3.63, 3.8) is 0 Å². The van der Waals surface area contributed by atoms with Crippen LogP contribution in [0, 0.1) is 10.1 Å². The first-order valence-corrected chi connectivity index (χ1v) is 16.0. The molecule has 16 nitrogen and oxygen atoms in total. The van der Waals surface area contributed by atoms with Gasteiger partial charge in [0.1, 0.15) is 10.5 Å². The van der Waals surface area contributed by atoms with Crippen LogP contribution in [0.2, 0.25) is 0 Å². The number of nitro groups is 1. The van der Waals surface area contributed by atoms with E-state index in [0.29, 0.717) is 28.4 Å². The lowest BCUT2D eigenvalue weighted by molar-refractivity contribution is -0.384. The van der Waals surface area contributed by atoms with Gasteiger partial charge >= 0.3 is 5.97 Å². The monoisotopic (exact) mass is 734 g/mol. The zero-order chi connectivity index (χ0) is 37.9. The van der Waals surface area contributed by atoms with E-state index in [1.54, 1.807) is 30.3 Å². The molecule has 0 bridgehead atoms. The van der Waals surface area contributed by atoms with Gasteiger partial charge in [0, 0.05) is 17.8 Å². The first-order valence-electron chi connectivity index (χ1n) is 15.2. The Morgan fingerprint density at radius 1 is 0.827 bits per heavy atom. The van der Waals surface area contributed by atoms with E-state index in [1.165, 1.54) is 66.9 Å². The molecule has 272 valence electrons. The fourth-order valence-corrected chi connectivity index (χ4v) is 6.96. The highest BCUT2D eigenvalue weighted by Gasteiger charge is 2.40. The van der Waals surface area contributed by atoms with Gasteiger partial charge in [0.2, 0.25) is 11.5 Å². The molecule has 5 rings (SSSR count). The number of nitro benzene ring substituents is 1. The summed E-state index contributed by atoms with van der Waals surface area (Å²) < 4.78 is 39.4. The Kier molecular flexibility index (Phi) is 10.7. The summed E-state index contributed by atoms with van der Waals surface area (Å²) in [5.74, 6) is -1.55. The van der Waals surface area contributed by atoms with E-state index in [2.05, 4.69) is 5.32 Å². The summed E-state index contributed by atoms with van der Waals surface area (Å²) in [6.45, 7) is 0. The van der Waals surface area contributed by atoms with E-state index in [0.717, 1.165) is 23.0 Å². The molecule has 17 heteroatoms. The third kappa shape index (κ3) is 6.56. The van der Waals surface area contributed by atoms with Gasteiger partial charge in [-0.25, -0.2) is 4.79 Å². The van der Waals surface area contributed by atoms with E-state index in [-0.39, 0.29) is 54.8 Å². The minimum atomic E-state index is -1.26. The van der Waals surface area contributed by atoms with Crippen LogP contribution in [-0.4, -0.2) is 71.1 Å². The van der Waals surface area contributed by atoms with Crippen LogP contribution >= 0.6 is 11.3 Å². The summed E-state index contributed by atoms with van der Waals surface area (Å²) in [7, 11) is 9.73. The lowest BCUT2D eigenvalue weighted by Gasteiger charge is -2.28. The molecular formula is C35H34N4O12S. The average molecular weight is 735 g/mol. The number of non-ortho nitro benzene ring substituents is 1. The highest BCUT2D eigenvalue weighted by Crippen LogP contribution is 2.45. The highest BCUT2D eigenvalue weighted by molar-refractivity contribution is 7.07. The molecule has 0 fully saturated rings. The van der Waals surface area contributed by atoms with Gasteiger partial charge in [-0.2, -0.15) is 0 Å². The second-order valence-electron chi connectivity index (χ2n) is 10.9. The number of nitrogens with one attached hydrogen (secondary N) is 1. The van der Waals surface area contributed by atoms with Gasteiger partial charge in [-0.05, 0) is 53.6 Å². The molecule has 0 spiro atoms. The van der Waals surface area contributed by atoms with E-state index >= 15 is 0 Å². The third-order valence-electron chi connectivity index (χ3n) is 8.14. The number of anilines is 1. The number of nitrogens with two attached hydrogens (primary N) is 1. The number of benzene rings is 3. The maximum atomic E-state index is 14.5. The second-order valence-corrected chi connectivity index (χ2v) is 11.9. The van der Waals surface area contributed by atoms with Gasteiger partial charge in [-0.15, -0.1) is 11.3 Å². The zero-order valence-electron chi connectivity index (χ0n) is 29.1. The molecule has 1 aliphatic heterocycles. The number of rotatable bonds is 12. The van der Waals surface area contributed by atoms with Gasteiger partial charge < -0.3 is 44.2 Å². The van der Waals surface area contributed by atoms with Crippen molar-refractivity contribution in [2.45, 2.75) is 5.92 Å². The van der Waals surface area contributed by atoms with Crippen molar-refractivity contribution in [3.8, 4) is 34.5 Å². The molecule has 0 saturated carbocycles. The fraction of sp³-hybridized carbons (Fsp3) is 0.229. The molecule has 0 radical (unpaired) electrons. The van der Waals surface area contributed by atoms with Gasteiger partial charge in [0.15, 0.2) is 23.0 Å². The molecule has 2 heterocycles. The van der Waals surface area contributed by atoms with Crippen LogP contribution in [0.25, 0.3) is 17.5 Å². The Bertz CT molecular complexity index is 2240. The molecule has 4 aromatic rings. The summed E-state index contributed by atoms with van der Waals surface area (Å²) >= 11 is 0.939. The largest absolute Gasteiger partial charge is 0.493 e. The summed E-state index contributed by atoms with van der Waals surface area (Å²) in [6, 6.07) is 11.5. The van der Waals surface area contributed by atoms with Gasteiger partial charge in [0.25, 0.3) is 17.2 Å². The Balaban J connectivity index is 1.88. The van der Waals surface area contributed by atoms with Crippen molar-refractivity contribution in [1.29, 1.82) is 0 Å². The maximum absolute atomic E-state index is 14.5. The van der Waals surface area contributed by atoms with Crippen molar-refractivity contribution in [3.05, 3.63) is 94.9 Å². The van der Waals surface area contributed by atoms with Crippen molar-refractivity contribution in [2.75, 3.05) is 55.1 Å². The van der Waals surface area contributed by atoms with Crippen LogP contribution < -0.4 is 54.2 Å². The predicted molar refractivity (Wildman–Crippen MR) is 191 cm³/mol. The first kappa shape index (κ1) is 36.8. The molecule has 1 aromatic heterocycles. The molecule has 0 aliphatic carbocycles. The Labute approximate surface area is 300 Å². The summed E-state index contributed by atoms with van der Waals surface area (Å²) in [5.41, 5.74) is 6.52. The van der Waals surface area contributed by atoms with Crippen LogP contribution in [0.4, 0.5) is 11.4 Å². The van der Waals surface area contributed by atoms with Crippen LogP contribution in [-0.2, 0) is 14.3 Å². The SMILES string of the molecule is COC(=O)C1=C(N)n2c(s/c(=C/c3cc(OC)c(OC)c(OC)c3)c2=O)=C(C(=O)Nc2ccc([N+](=O)[O-])cc2)C1c1cc(OC)c(OC)c(OC)c1. The average Bonchev–Trinajstić information content (AvgIpc) is 3.47. The van der Waals surface area contributed by atoms with Crippen LogP contribution in [0.15, 0.2) is 58.9 Å². The quantitative estimate of drug-likeness (QED) is 0.122. The number of nitrogens with zero attached hydrogens (tertiary/aromatic N) is 2. The van der Waals surface area contributed by atoms with Gasteiger partial charge in [-0.3, -0.25) is 24.3 Å². The fourth-order valence-electron chi connectivity index (χ4n) is 5.78. The molecule has 0 saturated heterocycles. The number of hydrogen-bond acceptors (Lipinski definition) is 14. The predicted octanol–water partition coefficient (Wildman–Crippen LogP) is 2.59. The molecule has 1 atom stereocenters. The molecule has 1 unspecified atom stereocenters. The molecule has 1 amide bonds. The number of esters is 1. The van der Waals surface area contributed by atoms with E-state index in [9.17, 15) is 24.5 Å². The summed E-state index contributed by atoms with van der Waals surface area (Å²) in [4.78, 5) is 53.0. The number of carbonyl (C=O) groups is 2. The minimum Gasteiger partial charge on any atom is -0.493 e. The molecule has 52 heavy (non-hydrogen) atoms. The number of amides is 1. The normalized spacial score (nSPS) is 13.9. The first-order chi connectivity index (χ1) is 25.0. The second kappa shape index (κ2) is 15.2. The molecular weight excluding hydrogens is 700 g/mol. The number of methoxy groups -OCH3 is 7. The lowest BCUT2D eigenvalue weighted by Crippen LogP contribution is -2.42. The van der Waals surface area contributed by atoms with Crippen molar-refractivity contribution >= 4 is 52.1 Å². The number of carbonyl (C=O) groups excluding carboxylic acids is 2. The Morgan fingerprint density at radius 2 is 1.35 bits per heavy atom. The summed E-state index contributed by atoms with van der Waals surface area (Å²) in [6.07, 6.45) is 1.55. The van der Waals surface area contributed by atoms with Crippen molar-refractivity contribution in [2.24, 2.45) is 5.73 Å². The standard InChI is InChI=1S/C35H34N4O12S/c1-45-21-12-17(13-22(46-2)29(21)49-5)14-25-33(41)38-31(36)27(35(42)51-7)26(18-15-23(47-3)30(50-6)24(16-18)48-4)28(34(38)52-25)32(40)37-19-8-10-20(11-9-19)39(43)44/h8-16,26H,36H2,1-7H3,(H,37,40)/b25-14+. The molecule has 3 N–H and O–H groups in total. The Morgan fingerprint density at radius 3 is 1.81 bits per heavy atom. The number of ether oxygens (including phenoxy) is 7. The van der Waals surface area contributed by atoms with E-state index in [1.807, 2.05) is 0 Å². The Hall–Kier alpha value is -6.49. The zero-order valence-corrected chi connectivity index (χ0v) is 29.9. The van der Waals surface area contributed by atoms with E-state index in [4.69, 9.17) is 38.9 Å². The molecule has 1 aliphatic rings. The van der Waals surface area contributed by atoms with Crippen LogP contribution in [0.3, 0.4) is 0 Å². The topological polar surface area (TPSA) is 202 Å². The number of thiazole rings is 1. The van der Waals surface area contributed by atoms with Crippen LogP contribution in [0.1, 0.15) is 17.0 Å². The smallest absolute Gasteiger partial charge is 0.338 e. The van der Waals surface area contributed by atoms with Crippen molar-refractivity contribution in [1.82, 2.24) is 4.57 Å². The summed E-state index contributed by atoms with van der Waals surface area (Å²) in [5, 5.41) is 14.0. The van der Waals surface area contributed by atoms with E-state index < -0.39 is 28.3 Å².